The Kier molecular flexibility index (Phi) is 4.93. The maximum atomic E-state index is 12.9. The summed E-state index contributed by atoms with van der Waals surface area (Å²) in [6.45, 7) is 6.39. The third-order valence-corrected chi connectivity index (χ3v) is 5.49. The standard InChI is InChI=1S/C22H26N2O2/c1-17(18-5-3-2-4-6-18)15-22(25)24-10-9-19-16-20(7-8-21(19)24)23-11-13-26-14-12-23/h2-8,16-17H,9-15H2,1H3. The fourth-order valence-corrected chi connectivity index (χ4v) is 3.94. The maximum Gasteiger partial charge on any atom is 0.227 e. The number of carbonyl (C=O) groups excluding carboxylic acids is 1. The lowest BCUT2D eigenvalue weighted by Crippen LogP contribution is -2.36. The Bertz CT molecular complexity index is 769. The number of carbonyl (C=O) groups is 1. The van der Waals surface area contributed by atoms with Crippen LogP contribution < -0.4 is 9.80 Å². The number of hydrogen-bond acceptors (Lipinski definition) is 3. The Morgan fingerprint density at radius 1 is 1.08 bits per heavy atom. The Morgan fingerprint density at radius 2 is 1.85 bits per heavy atom. The second-order valence-corrected chi connectivity index (χ2v) is 7.22. The Labute approximate surface area is 155 Å². The Balaban J connectivity index is 1.46. The molecule has 1 fully saturated rings. The molecule has 4 nitrogen and oxygen atoms in total. The zero-order valence-corrected chi connectivity index (χ0v) is 15.4. The molecule has 0 aromatic heterocycles. The van der Waals surface area contributed by atoms with Gasteiger partial charge in [0.1, 0.15) is 0 Å². The van der Waals surface area contributed by atoms with Crippen molar-refractivity contribution in [2.45, 2.75) is 25.7 Å². The summed E-state index contributed by atoms with van der Waals surface area (Å²) in [4.78, 5) is 17.2. The minimum Gasteiger partial charge on any atom is -0.378 e. The van der Waals surface area contributed by atoms with Gasteiger partial charge in [0.05, 0.1) is 13.2 Å². The second-order valence-electron chi connectivity index (χ2n) is 7.22. The number of benzene rings is 2. The fraction of sp³-hybridized carbons (Fsp3) is 0.409. The molecule has 2 aliphatic heterocycles. The molecule has 2 aromatic carbocycles. The van der Waals surface area contributed by atoms with E-state index in [0.717, 1.165) is 45.0 Å². The van der Waals surface area contributed by atoms with Gasteiger partial charge in [-0.3, -0.25) is 4.79 Å². The Hall–Kier alpha value is -2.33. The number of nitrogens with zero attached hydrogens (tertiary/aromatic N) is 2. The van der Waals surface area contributed by atoms with Gasteiger partial charge in [-0.05, 0) is 41.7 Å². The van der Waals surface area contributed by atoms with Crippen LogP contribution in [0.2, 0.25) is 0 Å². The van der Waals surface area contributed by atoms with Crippen LogP contribution in [0, 0.1) is 0 Å². The van der Waals surface area contributed by atoms with E-state index >= 15 is 0 Å². The number of rotatable bonds is 4. The maximum absolute atomic E-state index is 12.9. The third kappa shape index (κ3) is 3.47. The van der Waals surface area contributed by atoms with Crippen LogP contribution in [-0.2, 0) is 16.0 Å². The van der Waals surface area contributed by atoms with E-state index in [1.807, 2.05) is 23.1 Å². The van der Waals surface area contributed by atoms with Crippen LogP contribution >= 0.6 is 0 Å². The molecule has 0 bridgehead atoms. The van der Waals surface area contributed by atoms with Gasteiger partial charge in [-0.1, -0.05) is 37.3 Å². The summed E-state index contributed by atoms with van der Waals surface area (Å²) >= 11 is 0. The highest BCUT2D eigenvalue weighted by Crippen LogP contribution is 2.33. The van der Waals surface area contributed by atoms with E-state index in [2.05, 4.69) is 42.2 Å². The van der Waals surface area contributed by atoms with Crippen LogP contribution in [0.25, 0.3) is 0 Å². The summed E-state index contributed by atoms with van der Waals surface area (Å²) < 4.78 is 5.44. The molecule has 1 amide bonds. The van der Waals surface area contributed by atoms with E-state index in [4.69, 9.17) is 4.74 Å². The molecule has 0 aliphatic carbocycles. The minimum absolute atomic E-state index is 0.222. The largest absolute Gasteiger partial charge is 0.378 e. The molecule has 0 saturated carbocycles. The van der Waals surface area contributed by atoms with Gasteiger partial charge in [-0.25, -0.2) is 0 Å². The first kappa shape index (κ1) is 17.1. The predicted molar refractivity (Wildman–Crippen MR) is 105 cm³/mol. The van der Waals surface area contributed by atoms with Gasteiger partial charge in [0.2, 0.25) is 5.91 Å². The normalized spacial score (nSPS) is 17.9. The summed E-state index contributed by atoms with van der Waals surface area (Å²) in [6, 6.07) is 16.8. The van der Waals surface area contributed by atoms with Gasteiger partial charge in [-0.15, -0.1) is 0 Å². The molecular weight excluding hydrogens is 324 g/mol. The van der Waals surface area contributed by atoms with E-state index in [-0.39, 0.29) is 11.8 Å². The summed E-state index contributed by atoms with van der Waals surface area (Å²) in [7, 11) is 0. The molecule has 2 aromatic rings. The molecule has 1 unspecified atom stereocenters. The lowest BCUT2D eigenvalue weighted by atomic mass is 9.97. The van der Waals surface area contributed by atoms with Gasteiger partial charge < -0.3 is 14.5 Å². The van der Waals surface area contributed by atoms with E-state index in [9.17, 15) is 4.79 Å². The lowest BCUT2D eigenvalue weighted by Gasteiger charge is -2.29. The smallest absolute Gasteiger partial charge is 0.227 e. The van der Waals surface area contributed by atoms with Crippen LogP contribution in [0.4, 0.5) is 11.4 Å². The van der Waals surface area contributed by atoms with E-state index in [1.165, 1.54) is 16.8 Å². The molecule has 0 radical (unpaired) electrons. The van der Waals surface area contributed by atoms with Crippen molar-refractivity contribution >= 4 is 17.3 Å². The third-order valence-electron chi connectivity index (χ3n) is 5.49. The molecule has 2 aliphatic rings. The molecule has 4 rings (SSSR count). The van der Waals surface area contributed by atoms with Crippen molar-refractivity contribution in [1.29, 1.82) is 0 Å². The van der Waals surface area contributed by atoms with Crippen LogP contribution in [0.1, 0.15) is 30.4 Å². The van der Waals surface area contributed by atoms with E-state index in [0.29, 0.717) is 6.42 Å². The molecule has 2 heterocycles. The summed E-state index contributed by atoms with van der Waals surface area (Å²) in [5.41, 5.74) is 4.85. The molecule has 1 atom stereocenters. The molecule has 26 heavy (non-hydrogen) atoms. The van der Waals surface area contributed by atoms with Crippen molar-refractivity contribution in [3.8, 4) is 0 Å². The average Bonchev–Trinajstić information content (AvgIpc) is 3.12. The quantitative estimate of drug-likeness (QED) is 0.844. The molecular formula is C22H26N2O2. The van der Waals surface area contributed by atoms with Gasteiger partial charge in [0, 0.05) is 37.4 Å². The molecule has 136 valence electrons. The lowest BCUT2D eigenvalue weighted by molar-refractivity contribution is -0.118. The van der Waals surface area contributed by atoms with Crippen molar-refractivity contribution < 1.29 is 9.53 Å². The van der Waals surface area contributed by atoms with Crippen LogP contribution in [0.15, 0.2) is 48.5 Å². The number of amides is 1. The van der Waals surface area contributed by atoms with Crippen molar-refractivity contribution in [3.63, 3.8) is 0 Å². The average molecular weight is 350 g/mol. The van der Waals surface area contributed by atoms with E-state index < -0.39 is 0 Å². The predicted octanol–water partition coefficient (Wildman–Crippen LogP) is 3.61. The molecule has 0 spiro atoms. The summed E-state index contributed by atoms with van der Waals surface area (Å²) in [5, 5.41) is 0. The monoisotopic (exact) mass is 350 g/mol. The van der Waals surface area contributed by atoms with Gasteiger partial charge in [0.25, 0.3) is 0 Å². The number of morpholine rings is 1. The van der Waals surface area contributed by atoms with Gasteiger partial charge in [0.15, 0.2) is 0 Å². The minimum atomic E-state index is 0.222. The molecule has 0 N–H and O–H groups in total. The summed E-state index contributed by atoms with van der Waals surface area (Å²) in [5.74, 6) is 0.458. The van der Waals surface area contributed by atoms with E-state index in [1.54, 1.807) is 0 Å². The van der Waals surface area contributed by atoms with Crippen molar-refractivity contribution in [2.24, 2.45) is 0 Å². The topological polar surface area (TPSA) is 32.8 Å². The highest BCUT2D eigenvalue weighted by atomic mass is 16.5. The molecule has 4 heteroatoms. The Morgan fingerprint density at radius 3 is 2.62 bits per heavy atom. The van der Waals surface area contributed by atoms with Gasteiger partial charge in [-0.2, -0.15) is 0 Å². The second kappa shape index (κ2) is 7.50. The zero-order chi connectivity index (χ0) is 17.9. The number of fused-ring (bicyclic) bond motifs is 1. The van der Waals surface area contributed by atoms with Crippen LogP contribution in [-0.4, -0.2) is 38.8 Å². The van der Waals surface area contributed by atoms with Crippen LogP contribution in [0.5, 0.6) is 0 Å². The summed E-state index contributed by atoms with van der Waals surface area (Å²) in [6.07, 6.45) is 1.49. The highest BCUT2D eigenvalue weighted by molar-refractivity contribution is 5.96. The zero-order valence-electron chi connectivity index (χ0n) is 15.4. The first-order valence-electron chi connectivity index (χ1n) is 9.53. The SMILES string of the molecule is CC(CC(=O)N1CCc2cc(N3CCOCC3)ccc21)c1ccccc1. The number of hydrogen-bond donors (Lipinski definition) is 0. The first-order chi connectivity index (χ1) is 12.7. The van der Waals surface area contributed by atoms with Crippen molar-refractivity contribution in [2.75, 3.05) is 42.6 Å². The van der Waals surface area contributed by atoms with Crippen LogP contribution in [0.3, 0.4) is 0 Å². The highest BCUT2D eigenvalue weighted by Gasteiger charge is 2.26. The van der Waals surface area contributed by atoms with Gasteiger partial charge >= 0.3 is 0 Å². The first-order valence-corrected chi connectivity index (χ1v) is 9.53. The molecule has 1 saturated heterocycles. The fourth-order valence-electron chi connectivity index (χ4n) is 3.94. The van der Waals surface area contributed by atoms with Crippen molar-refractivity contribution in [3.05, 3.63) is 59.7 Å². The number of anilines is 2. The number of ether oxygens (including phenoxy) is 1. The van der Waals surface area contributed by atoms with Crippen molar-refractivity contribution in [1.82, 2.24) is 0 Å².